The lowest BCUT2D eigenvalue weighted by atomic mass is 11.3. The Kier molecular flexibility index (Phi) is 3.18. The molecule has 0 radical (unpaired) electrons. The molecule has 0 heterocycles. The average molecular weight is 189 g/mol. The van der Waals surface area contributed by atoms with Gasteiger partial charge in [0.25, 0.3) is 0 Å². The van der Waals surface area contributed by atoms with Crippen LogP contribution in [0.15, 0.2) is 0 Å². The summed E-state index contributed by atoms with van der Waals surface area (Å²) in [6.45, 7) is 0. The molecule has 1 amide bonds. The molecule has 9 heavy (non-hydrogen) atoms. The molecule has 0 rings (SSSR count). The summed E-state index contributed by atoms with van der Waals surface area (Å²) in [5.74, 6) is 0. The van der Waals surface area contributed by atoms with E-state index in [0.717, 1.165) is 0 Å². The molecule has 0 spiro atoms. The molecule has 3 N–H and O–H groups in total. The smallest absolute Gasteiger partial charge is 0.415 e. The number of carbonyl (C=O) groups is 1. The van der Waals surface area contributed by atoms with E-state index < -0.39 is 13.9 Å². The molecule has 0 aliphatic carbocycles. The highest BCUT2D eigenvalue weighted by molar-refractivity contribution is 8.83. The highest BCUT2D eigenvalue weighted by Gasteiger charge is 2.02. The highest BCUT2D eigenvalue weighted by atomic mass is 33.4. The zero-order valence-corrected chi connectivity index (χ0v) is 6.39. The molecule has 0 bridgehead atoms. The van der Waals surface area contributed by atoms with Crippen LogP contribution in [-0.2, 0) is 19.0 Å². The van der Waals surface area contributed by atoms with E-state index in [1.54, 1.807) is 4.72 Å². The van der Waals surface area contributed by atoms with Gasteiger partial charge >= 0.3 is 6.09 Å². The van der Waals surface area contributed by atoms with Gasteiger partial charge in [0.1, 0.15) is 0 Å². The van der Waals surface area contributed by atoms with Gasteiger partial charge < -0.3 is 5.11 Å². The molecule has 0 aromatic rings. The maximum atomic E-state index is 10.1. The second-order valence-corrected chi connectivity index (χ2v) is 5.99. The van der Waals surface area contributed by atoms with Crippen molar-refractivity contribution in [3.8, 4) is 0 Å². The number of rotatable bonds is 2. The van der Waals surface area contributed by atoms with Crippen LogP contribution in [0.25, 0.3) is 0 Å². The lowest BCUT2D eigenvalue weighted by Crippen LogP contribution is -2.14. The van der Waals surface area contributed by atoms with E-state index in [2.05, 4.69) is 11.2 Å². The Balaban J connectivity index is 3.67. The van der Waals surface area contributed by atoms with E-state index in [4.69, 9.17) is 9.66 Å². The predicted octanol–water partition coefficient (Wildman–Crippen LogP) is 0.0365. The molecule has 0 fully saturated rings. The highest BCUT2D eigenvalue weighted by Crippen LogP contribution is 2.02. The molecule has 0 aromatic heterocycles. The Morgan fingerprint density at radius 1 is 1.78 bits per heavy atom. The van der Waals surface area contributed by atoms with E-state index in [0.29, 0.717) is 0 Å². The van der Waals surface area contributed by atoms with E-state index in [-0.39, 0.29) is 11.0 Å². The lowest BCUT2D eigenvalue weighted by Gasteiger charge is -1.94. The maximum absolute atomic E-state index is 10.1. The van der Waals surface area contributed by atoms with Crippen LogP contribution in [0, 0.1) is 0 Å². The van der Waals surface area contributed by atoms with Crippen molar-refractivity contribution < 1.29 is 18.7 Å². The number of hydrogen-bond donors (Lipinski definition) is 3. The molecule has 0 aliphatic rings. The zero-order valence-electron chi connectivity index (χ0n) is 3.94. The summed E-state index contributed by atoms with van der Waals surface area (Å²) in [6.07, 6.45) is -1.40. The third-order valence-electron chi connectivity index (χ3n) is 0.234. The summed E-state index contributed by atoms with van der Waals surface area (Å²) in [4.78, 5) is 9.63. The van der Waals surface area contributed by atoms with Crippen molar-refractivity contribution in [3.63, 3.8) is 0 Å². The first kappa shape index (κ1) is 8.95. The van der Waals surface area contributed by atoms with Gasteiger partial charge in [-0.3, -0.25) is 9.27 Å². The third kappa shape index (κ3) is 7.95. The van der Waals surface area contributed by atoms with Crippen molar-refractivity contribution in [1.82, 2.24) is 4.72 Å². The number of hydrogen-bond acceptors (Lipinski definition) is 4. The summed E-state index contributed by atoms with van der Waals surface area (Å²) in [6, 6.07) is 0. The fourth-order valence-corrected chi connectivity index (χ4v) is 1.10. The lowest BCUT2D eigenvalue weighted by molar-refractivity contribution is 0.202. The Hall–Kier alpha value is -0.0500. The van der Waals surface area contributed by atoms with E-state index in [9.17, 15) is 9.00 Å². The molecule has 5 nitrogen and oxygen atoms in total. The third-order valence-corrected chi connectivity index (χ3v) is 2.20. The van der Waals surface area contributed by atoms with Crippen LogP contribution in [0.2, 0.25) is 0 Å². The second kappa shape index (κ2) is 3.20. The van der Waals surface area contributed by atoms with Crippen molar-refractivity contribution in [2.75, 3.05) is 0 Å². The summed E-state index contributed by atoms with van der Waals surface area (Å²) in [5, 5.41) is 7.86. The van der Waals surface area contributed by atoms with Gasteiger partial charge in [-0.15, -0.1) is 0 Å². The second-order valence-electron chi connectivity index (χ2n) is 0.918. The van der Waals surface area contributed by atoms with Gasteiger partial charge in [-0.25, -0.2) is 9.00 Å². The van der Waals surface area contributed by atoms with Crippen LogP contribution in [0.1, 0.15) is 0 Å². The first-order valence-corrected chi connectivity index (χ1v) is 5.34. The van der Waals surface area contributed by atoms with Crippen LogP contribution >= 0.6 is 11.0 Å². The molecule has 8 heteroatoms. The monoisotopic (exact) mass is 189 g/mol. The van der Waals surface area contributed by atoms with Gasteiger partial charge in [0.2, 0.25) is 7.80 Å². The Labute approximate surface area is 59.9 Å². The minimum atomic E-state index is -3.46. The largest absolute Gasteiger partial charge is 0.464 e. The number of nitrogens with one attached hydrogen (secondary N) is 1. The van der Waals surface area contributed by atoms with Crippen LogP contribution in [-0.4, -0.2) is 20.0 Å². The summed E-state index contributed by atoms with van der Waals surface area (Å²) in [7, 11) is -3.37. The first-order valence-electron chi connectivity index (χ1n) is 1.56. The van der Waals surface area contributed by atoms with E-state index in [1.165, 1.54) is 0 Å². The van der Waals surface area contributed by atoms with Gasteiger partial charge in [-0.2, -0.15) is 0 Å². The van der Waals surface area contributed by atoms with Crippen molar-refractivity contribution in [3.05, 3.63) is 0 Å². The Morgan fingerprint density at radius 2 is 2.22 bits per heavy atom. The molecule has 0 saturated heterocycles. The zero-order chi connectivity index (χ0) is 7.49. The van der Waals surface area contributed by atoms with Crippen LogP contribution in [0.4, 0.5) is 4.79 Å². The Bertz CT molecular complexity index is 194. The maximum Gasteiger partial charge on any atom is 0.415 e. The van der Waals surface area contributed by atoms with Crippen molar-refractivity contribution in [2.24, 2.45) is 0 Å². The fraction of sp³-hybridized carbons (Fsp3) is 0. The van der Waals surface area contributed by atoms with Gasteiger partial charge in [0, 0.05) is 11.2 Å². The topological polar surface area (TPSA) is 86.6 Å². The molecule has 1 atom stereocenters. The molecular formula is CH3NO4S3. The summed E-state index contributed by atoms with van der Waals surface area (Å²) < 4.78 is 19.9. The molecular weight excluding hydrogens is 186 g/mol. The van der Waals surface area contributed by atoms with Gasteiger partial charge in [-0.1, -0.05) is 0 Å². The molecule has 0 aromatic carbocycles. The van der Waals surface area contributed by atoms with Crippen molar-refractivity contribution in [2.45, 2.75) is 0 Å². The van der Waals surface area contributed by atoms with E-state index in [1.807, 2.05) is 0 Å². The minimum Gasteiger partial charge on any atom is -0.464 e. The summed E-state index contributed by atoms with van der Waals surface area (Å²) >= 11 is 3.92. The van der Waals surface area contributed by atoms with Gasteiger partial charge in [0.05, 0.1) is 11.0 Å². The average Bonchev–Trinajstić information content (AvgIpc) is 1.59. The van der Waals surface area contributed by atoms with Gasteiger partial charge in [0.15, 0.2) is 0 Å². The summed E-state index contributed by atoms with van der Waals surface area (Å²) in [5.41, 5.74) is 0. The normalized spacial score (nSPS) is 16.1. The van der Waals surface area contributed by atoms with Crippen LogP contribution in [0.3, 0.4) is 0 Å². The quantitative estimate of drug-likeness (QED) is 0.420. The molecule has 54 valence electrons. The fourth-order valence-electron chi connectivity index (χ4n) is 0.0883. The molecule has 1 unspecified atom stereocenters. The Morgan fingerprint density at radius 3 is 2.33 bits per heavy atom. The minimum absolute atomic E-state index is 0.0903. The van der Waals surface area contributed by atoms with Crippen LogP contribution in [0.5, 0.6) is 0 Å². The van der Waals surface area contributed by atoms with Crippen LogP contribution < -0.4 is 4.72 Å². The SMILES string of the molecule is O=C(O)NSS(=O)(O)=S. The molecule has 0 saturated carbocycles. The predicted molar refractivity (Wildman–Crippen MR) is 36.9 cm³/mol. The number of carboxylic acid groups (broad SMARTS) is 1. The van der Waals surface area contributed by atoms with Gasteiger partial charge in [-0.05, 0) is 0 Å². The van der Waals surface area contributed by atoms with Crippen molar-refractivity contribution in [1.29, 1.82) is 0 Å². The molecule has 0 aliphatic heterocycles. The van der Waals surface area contributed by atoms with E-state index >= 15 is 0 Å². The number of amides is 1. The first-order chi connectivity index (χ1) is 3.92. The standard InChI is InChI=1S/CH3NO4S3/c3-1(4)2-8-9(5,6)7/h2H,(H,3,4)(H,5,6,7). The van der Waals surface area contributed by atoms with Crippen molar-refractivity contribution >= 4 is 36.1 Å².